The van der Waals surface area contributed by atoms with Crippen molar-refractivity contribution in [3.8, 4) is 33.8 Å². The summed E-state index contributed by atoms with van der Waals surface area (Å²) < 4.78 is 4.90. The van der Waals surface area contributed by atoms with Crippen molar-refractivity contribution in [2.75, 3.05) is 0 Å². The van der Waals surface area contributed by atoms with E-state index in [4.69, 9.17) is 44.8 Å². The molecular formula is C57H43Cl3N6. The Morgan fingerprint density at radius 1 is 0.364 bits per heavy atom. The Kier molecular flexibility index (Phi) is 11.5. The fraction of sp³-hybridized carbons (Fsp3) is 0.105. The molecule has 66 heavy (non-hydrogen) atoms. The number of nitrogens with zero attached hydrogens (tertiary/aromatic N) is 5. The Hall–Kier alpha value is -6.96. The minimum atomic E-state index is 0.714. The molecule has 12 aromatic rings. The third kappa shape index (κ3) is 7.55. The van der Waals surface area contributed by atoms with Crippen LogP contribution >= 0.6 is 34.8 Å². The molecule has 0 atom stereocenters. The lowest BCUT2D eigenvalue weighted by molar-refractivity contribution is 0.559. The highest BCUT2D eigenvalue weighted by Crippen LogP contribution is 2.40. The van der Waals surface area contributed by atoms with Crippen molar-refractivity contribution in [2.45, 2.75) is 38.8 Å². The SMILES string of the molecule is Clc1ccccc1-c1nccc2c1[nH]c1ccccc12.Clc1ccccc1-c1nccc2c3ccccc3n(CCCCCCn3c4ccccc4c4ccnc(-c5ccccc5Cl)c43)c12. The summed E-state index contributed by atoms with van der Waals surface area (Å²) in [6.07, 6.45) is 10.0. The lowest BCUT2D eigenvalue weighted by atomic mass is 10.1. The molecule has 0 aliphatic heterocycles. The molecule has 1 N–H and O–H groups in total. The number of aryl methyl sites for hydroxylation is 2. The van der Waals surface area contributed by atoms with Crippen molar-refractivity contribution >= 4 is 100 Å². The number of fused-ring (bicyclic) bond motifs is 9. The molecule has 6 aromatic carbocycles. The van der Waals surface area contributed by atoms with E-state index in [-0.39, 0.29) is 0 Å². The van der Waals surface area contributed by atoms with Crippen molar-refractivity contribution in [3.05, 3.63) is 197 Å². The van der Waals surface area contributed by atoms with Crippen molar-refractivity contribution in [1.29, 1.82) is 0 Å². The second-order valence-corrected chi connectivity index (χ2v) is 17.8. The third-order valence-electron chi connectivity index (χ3n) is 12.7. The molecule has 0 saturated heterocycles. The zero-order valence-electron chi connectivity index (χ0n) is 35.9. The highest BCUT2D eigenvalue weighted by molar-refractivity contribution is 6.34. The summed E-state index contributed by atoms with van der Waals surface area (Å²) >= 11 is 19.7. The maximum absolute atomic E-state index is 6.68. The largest absolute Gasteiger partial charge is 0.353 e. The first-order valence-corrected chi connectivity index (χ1v) is 23.5. The van der Waals surface area contributed by atoms with Gasteiger partial charge in [-0.1, -0.05) is 157 Å². The Labute approximate surface area is 397 Å². The first-order valence-electron chi connectivity index (χ1n) is 22.4. The molecule has 0 amide bonds. The molecule has 6 heterocycles. The summed E-state index contributed by atoms with van der Waals surface area (Å²) in [4.78, 5) is 17.7. The fourth-order valence-corrected chi connectivity index (χ4v) is 10.4. The highest BCUT2D eigenvalue weighted by atomic mass is 35.5. The monoisotopic (exact) mass is 916 g/mol. The van der Waals surface area contributed by atoms with E-state index in [1.54, 1.807) is 0 Å². The van der Waals surface area contributed by atoms with E-state index >= 15 is 0 Å². The molecular weight excluding hydrogens is 875 g/mol. The minimum absolute atomic E-state index is 0.714. The van der Waals surface area contributed by atoms with Gasteiger partial charge in [0.25, 0.3) is 0 Å². The first-order chi connectivity index (χ1) is 32.5. The van der Waals surface area contributed by atoms with Crippen LogP contribution in [0.25, 0.3) is 99.2 Å². The van der Waals surface area contributed by atoms with E-state index in [0.717, 1.165) is 105 Å². The zero-order chi connectivity index (χ0) is 44.6. The first kappa shape index (κ1) is 41.7. The molecule has 0 aliphatic rings. The molecule has 9 heteroatoms. The summed E-state index contributed by atoms with van der Waals surface area (Å²) in [5.41, 5.74) is 12.6. The standard InChI is InChI=1S/C40H32Cl2N4.C17H11ClN2/c41-33-17-7-3-15-31(33)37-39-29(21-23-43-37)27-13-5-9-19-35(27)45(39)25-11-1-2-12-26-46-36-20-10-6-14-28(36)30-22-24-44-38(40(30)46)32-16-4-8-18-34(32)42;18-14-7-3-1-6-13(14)16-17-12(9-10-19-16)11-5-2-4-8-15(11)20-17/h3-10,13-24H,1-2,11-12,25-26H2;1-10,20H. The maximum Gasteiger partial charge on any atom is 0.0960 e. The molecule has 6 aromatic heterocycles. The van der Waals surface area contributed by atoms with Crippen molar-refractivity contribution < 1.29 is 0 Å². The molecule has 322 valence electrons. The van der Waals surface area contributed by atoms with Gasteiger partial charge in [-0.25, -0.2) is 0 Å². The Morgan fingerprint density at radius 2 is 0.758 bits per heavy atom. The van der Waals surface area contributed by atoms with Gasteiger partial charge in [-0.15, -0.1) is 0 Å². The van der Waals surface area contributed by atoms with E-state index in [1.165, 1.54) is 43.4 Å². The van der Waals surface area contributed by atoms with Crippen LogP contribution in [0.1, 0.15) is 25.7 Å². The Morgan fingerprint density at radius 3 is 1.26 bits per heavy atom. The van der Waals surface area contributed by atoms with Crippen LogP contribution in [-0.4, -0.2) is 29.1 Å². The van der Waals surface area contributed by atoms with Gasteiger partial charge in [0.2, 0.25) is 0 Å². The molecule has 0 spiro atoms. The molecule has 0 bridgehead atoms. The normalized spacial score (nSPS) is 11.6. The van der Waals surface area contributed by atoms with Crippen LogP contribution in [0.4, 0.5) is 0 Å². The van der Waals surface area contributed by atoms with E-state index in [9.17, 15) is 0 Å². The van der Waals surface area contributed by atoms with E-state index in [1.807, 2.05) is 97.5 Å². The van der Waals surface area contributed by atoms with Crippen LogP contribution < -0.4 is 0 Å². The number of aromatic amines is 1. The number of para-hydroxylation sites is 3. The minimum Gasteiger partial charge on any atom is -0.353 e. The van der Waals surface area contributed by atoms with Crippen molar-refractivity contribution in [2.24, 2.45) is 0 Å². The van der Waals surface area contributed by atoms with Gasteiger partial charge in [0.1, 0.15) is 0 Å². The van der Waals surface area contributed by atoms with Gasteiger partial charge in [0.15, 0.2) is 0 Å². The van der Waals surface area contributed by atoms with Gasteiger partial charge < -0.3 is 14.1 Å². The molecule has 12 rings (SSSR count). The van der Waals surface area contributed by atoms with Crippen molar-refractivity contribution in [3.63, 3.8) is 0 Å². The summed E-state index contributed by atoms with van der Waals surface area (Å²) in [6.45, 7) is 1.84. The third-order valence-corrected chi connectivity index (χ3v) is 13.7. The second-order valence-electron chi connectivity index (χ2n) is 16.6. The summed E-state index contributed by atoms with van der Waals surface area (Å²) in [5, 5.41) is 9.47. The number of unbranched alkanes of at least 4 members (excludes halogenated alkanes) is 3. The number of hydrogen-bond donors (Lipinski definition) is 1. The van der Waals surface area contributed by atoms with Gasteiger partial charge in [-0.2, -0.15) is 0 Å². The van der Waals surface area contributed by atoms with Gasteiger partial charge in [0.05, 0.1) is 48.7 Å². The van der Waals surface area contributed by atoms with Gasteiger partial charge in [0, 0.05) is 97.2 Å². The number of rotatable bonds is 10. The molecule has 6 nitrogen and oxygen atoms in total. The van der Waals surface area contributed by atoms with Gasteiger partial charge in [-0.3, -0.25) is 15.0 Å². The molecule has 0 aliphatic carbocycles. The molecule has 0 unspecified atom stereocenters. The van der Waals surface area contributed by atoms with Crippen LogP contribution in [0.5, 0.6) is 0 Å². The summed E-state index contributed by atoms with van der Waals surface area (Å²) in [7, 11) is 0. The van der Waals surface area contributed by atoms with Crippen LogP contribution in [0.2, 0.25) is 15.1 Å². The van der Waals surface area contributed by atoms with Crippen LogP contribution in [0.3, 0.4) is 0 Å². The summed E-state index contributed by atoms with van der Waals surface area (Å²) in [6, 6.07) is 55.7. The van der Waals surface area contributed by atoms with Crippen LogP contribution in [0, 0.1) is 0 Å². The smallest absolute Gasteiger partial charge is 0.0960 e. The van der Waals surface area contributed by atoms with Crippen LogP contribution in [-0.2, 0) is 13.1 Å². The average Bonchev–Trinajstić information content (AvgIpc) is 4.01. The Bertz CT molecular complexity index is 3570. The molecule has 0 radical (unpaired) electrons. The number of nitrogens with one attached hydrogen (secondary N) is 1. The average molecular weight is 918 g/mol. The van der Waals surface area contributed by atoms with Gasteiger partial charge in [-0.05, 0) is 67.4 Å². The fourth-order valence-electron chi connectivity index (χ4n) is 9.69. The highest BCUT2D eigenvalue weighted by Gasteiger charge is 2.19. The topological polar surface area (TPSA) is 64.3 Å². The Balaban J connectivity index is 0.000000199. The number of halogens is 3. The maximum atomic E-state index is 6.68. The van der Waals surface area contributed by atoms with E-state index in [2.05, 4.69) is 104 Å². The number of benzene rings is 6. The molecule has 0 saturated carbocycles. The van der Waals surface area contributed by atoms with E-state index in [0.29, 0.717) is 5.02 Å². The number of aromatic nitrogens is 6. The summed E-state index contributed by atoms with van der Waals surface area (Å²) in [5.74, 6) is 0. The van der Waals surface area contributed by atoms with Crippen molar-refractivity contribution in [1.82, 2.24) is 29.1 Å². The van der Waals surface area contributed by atoms with Gasteiger partial charge >= 0.3 is 0 Å². The zero-order valence-corrected chi connectivity index (χ0v) is 38.2. The van der Waals surface area contributed by atoms with E-state index < -0.39 is 0 Å². The number of hydrogen-bond acceptors (Lipinski definition) is 3. The predicted octanol–water partition coefficient (Wildman–Crippen LogP) is 16.6. The molecule has 0 fully saturated rings. The second kappa shape index (κ2) is 18.1. The lowest BCUT2D eigenvalue weighted by Crippen LogP contribution is -2.02. The van der Waals surface area contributed by atoms with Crippen LogP contribution in [0.15, 0.2) is 182 Å². The predicted molar refractivity (Wildman–Crippen MR) is 278 cm³/mol. The number of pyridine rings is 3. The number of H-pyrrole nitrogens is 1. The quantitative estimate of drug-likeness (QED) is 0.139. The lowest BCUT2D eigenvalue weighted by Gasteiger charge is -2.13.